The number of carbonyl (C=O) groups excluding carboxylic acids is 1. The molecule has 4 rings (SSSR count). The van der Waals surface area contributed by atoms with Crippen LogP contribution in [0.15, 0.2) is 54.6 Å². The number of phenolic OH excluding ortho intramolecular Hbond substituents is 1. The van der Waals surface area contributed by atoms with Gasteiger partial charge in [-0.1, -0.05) is 0 Å². The van der Waals surface area contributed by atoms with E-state index in [0.717, 1.165) is 0 Å². The van der Waals surface area contributed by atoms with Crippen LogP contribution in [0.4, 0.5) is 0 Å². The number of aromatic nitrogens is 2. The molecule has 0 aliphatic rings. The van der Waals surface area contributed by atoms with Gasteiger partial charge in [-0.3, -0.25) is 4.79 Å². The summed E-state index contributed by atoms with van der Waals surface area (Å²) in [6.07, 6.45) is -1.06. The number of carboxylic acids is 1. The van der Waals surface area contributed by atoms with E-state index in [1.807, 2.05) is 11.5 Å². The van der Waals surface area contributed by atoms with Gasteiger partial charge < -0.3 is 29.0 Å². The largest absolute Gasteiger partial charge is 0.507 e. The highest BCUT2D eigenvalue weighted by molar-refractivity contribution is 6.17. The first-order chi connectivity index (χ1) is 17.2. The average Bonchev–Trinajstić information content (AvgIpc) is 3.15. The van der Waals surface area contributed by atoms with E-state index in [1.165, 1.54) is 20.1 Å². The van der Waals surface area contributed by atoms with Crippen molar-refractivity contribution in [2.75, 3.05) is 14.2 Å². The minimum absolute atomic E-state index is 0.0720. The second kappa shape index (κ2) is 9.99. The summed E-state index contributed by atoms with van der Waals surface area (Å²) in [5.41, 5.74) is 2.75. The molecule has 0 saturated heterocycles. The summed E-state index contributed by atoms with van der Waals surface area (Å²) in [6, 6.07) is 15.0. The molecular formula is C27H26N2O7. The Kier molecular flexibility index (Phi) is 6.82. The molecule has 0 saturated carbocycles. The Labute approximate surface area is 207 Å². The second-order valence-corrected chi connectivity index (χ2v) is 8.22. The number of ether oxygens (including phenoxy) is 3. The second-order valence-electron chi connectivity index (χ2n) is 8.22. The fraction of sp³-hybridized carbons (Fsp3) is 0.222. The Morgan fingerprint density at radius 2 is 1.69 bits per heavy atom. The number of rotatable bonds is 9. The van der Waals surface area contributed by atoms with Crippen LogP contribution < -0.4 is 14.2 Å². The quantitative estimate of drug-likeness (QED) is 0.335. The van der Waals surface area contributed by atoms with E-state index in [0.29, 0.717) is 45.0 Å². The van der Waals surface area contributed by atoms with E-state index in [1.54, 1.807) is 55.6 Å². The molecule has 4 aromatic rings. The lowest BCUT2D eigenvalue weighted by Crippen LogP contribution is -2.22. The predicted molar refractivity (Wildman–Crippen MR) is 132 cm³/mol. The van der Waals surface area contributed by atoms with Crippen molar-refractivity contribution in [1.29, 1.82) is 0 Å². The third kappa shape index (κ3) is 4.68. The van der Waals surface area contributed by atoms with Crippen LogP contribution in [0.25, 0.3) is 11.0 Å². The minimum atomic E-state index is -1.11. The van der Waals surface area contributed by atoms with Gasteiger partial charge >= 0.3 is 5.97 Å². The molecule has 2 aromatic carbocycles. The van der Waals surface area contributed by atoms with E-state index in [9.17, 15) is 14.7 Å². The topological polar surface area (TPSA) is 120 Å². The first kappa shape index (κ1) is 24.6. The first-order valence-corrected chi connectivity index (χ1v) is 11.2. The zero-order valence-electron chi connectivity index (χ0n) is 20.3. The number of ketones is 1. The van der Waals surface area contributed by atoms with Crippen molar-refractivity contribution < 1.29 is 34.0 Å². The highest BCUT2D eigenvalue weighted by Gasteiger charge is 2.23. The highest BCUT2D eigenvalue weighted by Crippen LogP contribution is 2.32. The number of carbonyl (C=O) groups is 2. The number of fused-ring (bicyclic) bond motifs is 1. The van der Waals surface area contributed by atoms with E-state index >= 15 is 0 Å². The van der Waals surface area contributed by atoms with Crippen LogP contribution in [0, 0.1) is 6.92 Å². The van der Waals surface area contributed by atoms with Gasteiger partial charge in [-0.25, -0.2) is 4.79 Å². The maximum Gasteiger partial charge on any atom is 0.344 e. The number of nitrogens with zero attached hydrogens (tertiary/aromatic N) is 2. The van der Waals surface area contributed by atoms with Gasteiger partial charge in [0.15, 0.2) is 11.9 Å². The van der Waals surface area contributed by atoms with Crippen molar-refractivity contribution in [3.8, 4) is 23.1 Å². The van der Waals surface area contributed by atoms with Crippen LogP contribution in [0.1, 0.15) is 34.1 Å². The van der Waals surface area contributed by atoms with Gasteiger partial charge in [-0.2, -0.15) is 4.98 Å². The van der Waals surface area contributed by atoms with Crippen molar-refractivity contribution in [1.82, 2.24) is 9.55 Å². The lowest BCUT2D eigenvalue weighted by molar-refractivity contribution is -0.144. The maximum absolute atomic E-state index is 13.5. The van der Waals surface area contributed by atoms with E-state index in [-0.39, 0.29) is 23.8 Å². The van der Waals surface area contributed by atoms with Gasteiger partial charge in [0.2, 0.25) is 5.88 Å². The van der Waals surface area contributed by atoms with Crippen LogP contribution in [-0.4, -0.2) is 51.8 Å². The maximum atomic E-state index is 13.5. The number of aliphatic carboxylic acids is 1. The molecule has 9 nitrogen and oxygen atoms in total. The summed E-state index contributed by atoms with van der Waals surface area (Å²) in [4.78, 5) is 29.2. The summed E-state index contributed by atoms with van der Waals surface area (Å²) < 4.78 is 17.7. The smallest absolute Gasteiger partial charge is 0.344 e. The summed E-state index contributed by atoms with van der Waals surface area (Å²) in [5, 5.41) is 20.4. The number of carboxylic acid groups (broad SMARTS) is 1. The molecule has 2 aromatic heterocycles. The van der Waals surface area contributed by atoms with Crippen LogP contribution in [0.3, 0.4) is 0 Å². The Bertz CT molecular complexity index is 1440. The van der Waals surface area contributed by atoms with Crippen LogP contribution in [0.2, 0.25) is 0 Å². The first-order valence-electron chi connectivity index (χ1n) is 11.2. The molecule has 36 heavy (non-hydrogen) atoms. The molecule has 0 bridgehead atoms. The van der Waals surface area contributed by atoms with E-state index in [4.69, 9.17) is 19.3 Å². The molecule has 1 unspecified atom stereocenters. The van der Waals surface area contributed by atoms with Crippen molar-refractivity contribution in [2.24, 2.45) is 0 Å². The summed E-state index contributed by atoms with van der Waals surface area (Å²) in [6.45, 7) is 3.44. The fourth-order valence-corrected chi connectivity index (χ4v) is 3.98. The van der Waals surface area contributed by atoms with E-state index in [2.05, 4.69) is 4.98 Å². The van der Waals surface area contributed by atoms with E-state index < -0.39 is 12.1 Å². The lowest BCUT2D eigenvalue weighted by atomic mass is 10.0. The van der Waals surface area contributed by atoms with Crippen molar-refractivity contribution in [3.05, 3.63) is 77.0 Å². The summed E-state index contributed by atoms with van der Waals surface area (Å²) in [5.74, 6) is -0.0747. The number of benzene rings is 2. The zero-order valence-corrected chi connectivity index (χ0v) is 20.3. The van der Waals surface area contributed by atoms with Crippen LogP contribution >= 0.6 is 0 Å². The average molecular weight is 491 g/mol. The van der Waals surface area contributed by atoms with Crippen LogP contribution in [0.5, 0.6) is 23.1 Å². The minimum Gasteiger partial charge on any atom is -0.507 e. The highest BCUT2D eigenvalue weighted by atomic mass is 16.5. The van der Waals surface area contributed by atoms with Crippen molar-refractivity contribution in [3.63, 3.8) is 0 Å². The number of aromatic hydroxyl groups is 1. The number of hydrogen-bond donors (Lipinski definition) is 2. The SMILES string of the molecule is COc1ccc(C(=O)c2c(C)n(Cc3ccc(OC(C)C(=O)O)cc3O)c3nc(OC)ccc23)cc1. The number of phenols is 1. The van der Waals surface area contributed by atoms with Gasteiger partial charge in [0.25, 0.3) is 0 Å². The molecule has 0 amide bonds. The molecule has 2 heterocycles. The predicted octanol–water partition coefficient (Wildman–Crippen LogP) is 4.20. The number of methoxy groups -OCH3 is 2. The van der Waals surface area contributed by atoms with Gasteiger partial charge in [-0.05, 0) is 56.3 Å². The number of hydrogen-bond acceptors (Lipinski definition) is 7. The Morgan fingerprint density at radius 1 is 1.00 bits per heavy atom. The Hall–Kier alpha value is -4.53. The molecule has 186 valence electrons. The van der Waals surface area contributed by atoms with Gasteiger partial charge in [0.1, 0.15) is 22.9 Å². The molecule has 0 spiro atoms. The lowest BCUT2D eigenvalue weighted by Gasteiger charge is -2.14. The third-order valence-corrected chi connectivity index (χ3v) is 5.98. The molecule has 2 N–H and O–H groups in total. The van der Waals surface area contributed by atoms with Gasteiger partial charge in [0, 0.05) is 34.3 Å². The Morgan fingerprint density at radius 3 is 2.31 bits per heavy atom. The summed E-state index contributed by atoms with van der Waals surface area (Å²) >= 11 is 0. The fourth-order valence-electron chi connectivity index (χ4n) is 3.98. The normalized spacial score (nSPS) is 11.8. The van der Waals surface area contributed by atoms with Crippen LogP contribution in [-0.2, 0) is 11.3 Å². The number of pyridine rings is 1. The monoisotopic (exact) mass is 490 g/mol. The molecule has 0 radical (unpaired) electrons. The molecule has 0 fully saturated rings. The molecule has 0 aliphatic carbocycles. The molecule has 1 atom stereocenters. The molecule has 9 heteroatoms. The van der Waals surface area contributed by atoms with Gasteiger partial charge in [0.05, 0.1) is 26.3 Å². The Balaban J connectivity index is 1.76. The van der Waals surface area contributed by atoms with Gasteiger partial charge in [-0.15, -0.1) is 0 Å². The standard InChI is InChI=1S/C27H26N2O7/c1-15-24(25(31)17-5-8-19(34-3)9-6-17)21-11-12-23(35-4)28-26(21)29(15)14-18-7-10-20(13-22(18)30)36-16(2)27(32)33/h5-13,16,30H,14H2,1-4H3,(H,32,33). The summed E-state index contributed by atoms with van der Waals surface area (Å²) in [7, 11) is 3.08. The molecule has 0 aliphatic heterocycles. The van der Waals surface area contributed by atoms with Crippen molar-refractivity contribution in [2.45, 2.75) is 26.5 Å². The van der Waals surface area contributed by atoms with Crippen molar-refractivity contribution >= 4 is 22.8 Å². The molecular weight excluding hydrogens is 464 g/mol. The third-order valence-electron chi connectivity index (χ3n) is 5.98. The zero-order chi connectivity index (χ0) is 26.0.